The first-order valence-electron chi connectivity index (χ1n) is 7.16. The molecule has 3 N–H and O–H groups in total. The van der Waals surface area contributed by atoms with Crippen molar-refractivity contribution < 1.29 is 9.84 Å². The lowest BCUT2D eigenvalue weighted by Gasteiger charge is -2.21. The van der Waals surface area contributed by atoms with Crippen LogP contribution in [0.5, 0.6) is 5.75 Å². The predicted octanol–water partition coefficient (Wildman–Crippen LogP) is 2.84. The van der Waals surface area contributed by atoms with Gasteiger partial charge >= 0.3 is 0 Å². The van der Waals surface area contributed by atoms with Gasteiger partial charge in [0.05, 0.1) is 6.61 Å². The number of hydrogen-bond acceptors (Lipinski definition) is 3. The molecule has 0 aliphatic rings. The van der Waals surface area contributed by atoms with Gasteiger partial charge in [0.15, 0.2) is 0 Å². The molecule has 0 amide bonds. The van der Waals surface area contributed by atoms with Gasteiger partial charge in [-0.1, -0.05) is 31.5 Å². The van der Waals surface area contributed by atoms with Crippen molar-refractivity contribution in [2.45, 2.75) is 39.5 Å². The summed E-state index contributed by atoms with van der Waals surface area (Å²) < 4.78 is 5.82. The summed E-state index contributed by atoms with van der Waals surface area (Å²) in [6.45, 7) is 7.78. The van der Waals surface area contributed by atoms with E-state index in [1.807, 2.05) is 6.07 Å². The van der Waals surface area contributed by atoms with Crippen LogP contribution in [0, 0.1) is 12.8 Å². The number of aryl methyl sites for hydroxylation is 1. The standard InChI is InChI=1S/C16H27NO2/c1-4-7-19-16-6-5-12(2)8-15(16)13(3)9-14(10-17)11-18/h5-6,8,13-14,18H,4,7,9-11,17H2,1-3H3. The first-order chi connectivity index (χ1) is 9.12. The Morgan fingerprint density at radius 1 is 1.37 bits per heavy atom. The van der Waals surface area contributed by atoms with Gasteiger partial charge in [-0.25, -0.2) is 0 Å². The van der Waals surface area contributed by atoms with Gasteiger partial charge in [0, 0.05) is 6.61 Å². The fraction of sp³-hybridized carbons (Fsp3) is 0.625. The van der Waals surface area contributed by atoms with E-state index < -0.39 is 0 Å². The SMILES string of the molecule is CCCOc1ccc(C)cc1C(C)CC(CN)CO. The molecule has 0 radical (unpaired) electrons. The second-order valence-electron chi connectivity index (χ2n) is 5.31. The van der Waals surface area contributed by atoms with E-state index in [1.165, 1.54) is 11.1 Å². The molecule has 0 aliphatic carbocycles. The smallest absolute Gasteiger partial charge is 0.122 e. The minimum atomic E-state index is 0.151. The van der Waals surface area contributed by atoms with Crippen molar-refractivity contribution in [3.8, 4) is 5.75 Å². The lowest BCUT2D eigenvalue weighted by atomic mass is 9.89. The van der Waals surface area contributed by atoms with Crippen LogP contribution in [0.2, 0.25) is 0 Å². The summed E-state index contributed by atoms with van der Waals surface area (Å²) in [5.74, 6) is 1.47. The Bertz CT molecular complexity index is 375. The Morgan fingerprint density at radius 2 is 2.11 bits per heavy atom. The lowest BCUT2D eigenvalue weighted by Crippen LogP contribution is -2.20. The van der Waals surface area contributed by atoms with Gasteiger partial charge in [-0.2, -0.15) is 0 Å². The van der Waals surface area contributed by atoms with Crippen molar-refractivity contribution in [1.82, 2.24) is 0 Å². The van der Waals surface area contributed by atoms with Crippen molar-refractivity contribution >= 4 is 0 Å². The van der Waals surface area contributed by atoms with Gasteiger partial charge in [-0.15, -0.1) is 0 Å². The van der Waals surface area contributed by atoms with E-state index in [4.69, 9.17) is 10.5 Å². The number of rotatable bonds is 8. The van der Waals surface area contributed by atoms with Crippen LogP contribution in [0.25, 0.3) is 0 Å². The molecule has 0 aliphatic heterocycles. The van der Waals surface area contributed by atoms with Crippen LogP contribution in [0.4, 0.5) is 0 Å². The van der Waals surface area contributed by atoms with Gasteiger partial charge in [0.25, 0.3) is 0 Å². The molecular formula is C16H27NO2. The summed E-state index contributed by atoms with van der Waals surface area (Å²) in [5.41, 5.74) is 8.12. The Labute approximate surface area is 116 Å². The molecule has 1 aromatic carbocycles. The van der Waals surface area contributed by atoms with Gasteiger partial charge < -0.3 is 15.6 Å². The number of ether oxygens (including phenoxy) is 1. The third-order valence-corrected chi connectivity index (χ3v) is 3.44. The Hall–Kier alpha value is -1.06. The molecule has 19 heavy (non-hydrogen) atoms. The topological polar surface area (TPSA) is 55.5 Å². The normalized spacial score (nSPS) is 14.2. The maximum Gasteiger partial charge on any atom is 0.122 e. The maximum absolute atomic E-state index is 9.28. The maximum atomic E-state index is 9.28. The predicted molar refractivity (Wildman–Crippen MR) is 79.6 cm³/mol. The van der Waals surface area contributed by atoms with E-state index in [1.54, 1.807) is 0 Å². The molecule has 3 nitrogen and oxygen atoms in total. The third-order valence-electron chi connectivity index (χ3n) is 3.44. The Balaban J connectivity index is 2.86. The third kappa shape index (κ3) is 4.84. The van der Waals surface area contributed by atoms with E-state index in [-0.39, 0.29) is 12.5 Å². The highest BCUT2D eigenvalue weighted by Crippen LogP contribution is 2.31. The molecule has 0 saturated carbocycles. The number of aliphatic hydroxyl groups excluding tert-OH is 1. The molecule has 3 heteroatoms. The van der Waals surface area contributed by atoms with Gasteiger partial charge in [0.2, 0.25) is 0 Å². The van der Waals surface area contributed by atoms with Gasteiger partial charge in [-0.3, -0.25) is 0 Å². The van der Waals surface area contributed by atoms with Crippen LogP contribution < -0.4 is 10.5 Å². The zero-order valence-electron chi connectivity index (χ0n) is 12.4. The minimum absolute atomic E-state index is 0.151. The fourth-order valence-corrected chi connectivity index (χ4v) is 2.27. The van der Waals surface area contributed by atoms with E-state index in [0.717, 1.165) is 25.2 Å². The van der Waals surface area contributed by atoms with Crippen LogP contribution in [-0.4, -0.2) is 24.9 Å². The van der Waals surface area contributed by atoms with Crippen molar-refractivity contribution in [3.05, 3.63) is 29.3 Å². The largest absolute Gasteiger partial charge is 0.493 e. The molecule has 0 aromatic heterocycles. The fourth-order valence-electron chi connectivity index (χ4n) is 2.27. The average molecular weight is 265 g/mol. The molecule has 0 bridgehead atoms. The number of aliphatic hydroxyl groups is 1. The summed E-state index contributed by atoms with van der Waals surface area (Å²) in [7, 11) is 0. The van der Waals surface area contributed by atoms with Crippen LogP contribution in [-0.2, 0) is 0 Å². The summed E-state index contributed by atoms with van der Waals surface area (Å²) in [4.78, 5) is 0. The van der Waals surface area contributed by atoms with Crippen LogP contribution in [0.3, 0.4) is 0 Å². The summed E-state index contributed by atoms with van der Waals surface area (Å²) in [6, 6.07) is 6.31. The minimum Gasteiger partial charge on any atom is -0.493 e. The second-order valence-corrected chi connectivity index (χ2v) is 5.31. The van der Waals surface area contributed by atoms with Crippen LogP contribution in [0.15, 0.2) is 18.2 Å². The summed E-state index contributed by atoms with van der Waals surface area (Å²) in [5, 5.41) is 9.28. The molecule has 108 valence electrons. The van der Waals surface area contributed by atoms with Gasteiger partial charge in [0.1, 0.15) is 5.75 Å². The van der Waals surface area contributed by atoms with E-state index >= 15 is 0 Å². The zero-order chi connectivity index (χ0) is 14.3. The molecule has 0 spiro atoms. The lowest BCUT2D eigenvalue weighted by molar-refractivity contribution is 0.216. The van der Waals surface area contributed by atoms with E-state index in [9.17, 15) is 5.11 Å². The first-order valence-corrected chi connectivity index (χ1v) is 7.16. The van der Waals surface area contributed by atoms with Crippen LogP contribution in [0.1, 0.15) is 43.7 Å². The molecule has 0 fully saturated rings. The van der Waals surface area contributed by atoms with Crippen LogP contribution >= 0.6 is 0 Å². The monoisotopic (exact) mass is 265 g/mol. The van der Waals surface area contributed by atoms with Crippen molar-refractivity contribution in [2.24, 2.45) is 11.7 Å². The summed E-state index contributed by atoms with van der Waals surface area (Å²) >= 11 is 0. The highest BCUT2D eigenvalue weighted by atomic mass is 16.5. The average Bonchev–Trinajstić information content (AvgIpc) is 2.43. The highest BCUT2D eigenvalue weighted by Gasteiger charge is 2.16. The molecule has 0 saturated heterocycles. The molecule has 1 rings (SSSR count). The highest BCUT2D eigenvalue weighted by molar-refractivity contribution is 5.39. The Morgan fingerprint density at radius 3 is 2.68 bits per heavy atom. The summed E-state index contributed by atoms with van der Waals surface area (Å²) in [6.07, 6.45) is 1.89. The zero-order valence-corrected chi connectivity index (χ0v) is 12.4. The second kappa shape index (κ2) is 8.18. The molecular weight excluding hydrogens is 238 g/mol. The number of nitrogens with two attached hydrogens (primary N) is 1. The van der Waals surface area contributed by atoms with Crippen molar-refractivity contribution in [3.63, 3.8) is 0 Å². The number of benzene rings is 1. The molecule has 2 unspecified atom stereocenters. The van der Waals surface area contributed by atoms with Crippen molar-refractivity contribution in [1.29, 1.82) is 0 Å². The molecule has 1 aromatic rings. The molecule has 2 atom stereocenters. The van der Waals surface area contributed by atoms with E-state index in [2.05, 4.69) is 32.9 Å². The quantitative estimate of drug-likeness (QED) is 0.760. The number of hydrogen-bond donors (Lipinski definition) is 2. The van der Waals surface area contributed by atoms with E-state index in [0.29, 0.717) is 12.5 Å². The Kier molecular flexibility index (Phi) is 6.89. The van der Waals surface area contributed by atoms with Gasteiger partial charge in [-0.05, 0) is 49.8 Å². The van der Waals surface area contributed by atoms with Crippen molar-refractivity contribution in [2.75, 3.05) is 19.8 Å². The molecule has 0 heterocycles. The first kappa shape index (κ1) is 16.0.